The van der Waals surface area contributed by atoms with Crippen LogP contribution in [0.25, 0.3) is 50.8 Å². The molecule has 0 aliphatic carbocycles. The molecule has 3 fully saturated rings. The number of aliphatic hydroxyl groups excluding tert-OH is 2. The number of rotatable bonds is 11. The SMILES string of the molecule is CO[C@@H]1CCN(c2ccn(-c3cc(-c4c(F)cccc4C#N)nc4c3C(=O)NC4)n2)C[C@H]1O.CO[C@H]1CCN(c2ccn(-c3cc(-c4c(F)cccc4C#N)nc4c3C(=O)NC4)n2)C[C@@H]1O.[2H]C1([2H])N(c2ccn(-c3cc(-c4c(F)cccc4C#N)nc4c3C(=O)NC4)n2)C([2H])([2H])[C@@]([2H])(O)C1([2H])[2H]. The number of β-amino-alcohol motifs (C(OH)–C–C–N with tert-alkyl or cyclic N) is 3. The lowest BCUT2D eigenvalue weighted by molar-refractivity contribution is -0.0218. The maximum Gasteiger partial charge on any atom is 0.255 e. The van der Waals surface area contributed by atoms with Crippen molar-refractivity contribution in [2.24, 2.45) is 0 Å². The summed E-state index contributed by atoms with van der Waals surface area (Å²) in [5, 5.41) is 80.8. The van der Waals surface area contributed by atoms with E-state index in [1.165, 1.54) is 60.8 Å². The predicted molar refractivity (Wildman–Crippen MR) is 338 cm³/mol. The van der Waals surface area contributed by atoms with Gasteiger partial charge in [0.25, 0.3) is 17.7 Å². The monoisotopic (exact) mass is 1310 g/mol. The number of hydrogen-bond acceptors (Lipinski definition) is 20. The second-order valence-electron chi connectivity index (χ2n) is 22.5. The standard InChI is InChI=1S/2C23H21FN6O3.C21H17FN6O2/c2*1-33-19-5-7-29(12-18(19)31)20-6-8-30(28-20)17-9-15(27-16-11-26-23(32)22(16)17)21-13(10-25)3-2-4-14(21)24;22-14-3-1-2-12(9-23)19(14)15-8-17(20-16(25-15)10-24-21(20)30)28-7-5-18(26-28)27-6-4-13(29)11-27/h2*2-4,6,8-9,18-19,31H,5,7,11-12H2,1H3,(H,26,32);1-3,5,7-8,13,29H,4,6,10-11H2,(H,24,30)/t2*18-,19-;13-/m100/s1/i;;4D2,6D2,11D2,13D. The number of anilines is 3. The van der Waals surface area contributed by atoms with Crippen LogP contribution in [0.5, 0.6) is 0 Å². The van der Waals surface area contributed by atoms with Crippen LogP contribution in [0.4, 0.5) is 30.6 Å². The predicted octanol–water partition coefficient (Wildman–Crippen LogP) is 5.31. The number of hydrogen-bond donors (Lipinski definition) is 6. The molecule has 9 aromatic rings. The number of ether oxygens (including phenoxy) is 2. The third-order valence-electron chi connectivity index (χ3n) is 16.8. The minimum absolute atomic E-state index is 0.00276. The number of nitrogens with one attached hydrogen (secondary N) is 3. The number of benzene rings is 3. The van der Waals surface area contributed by atoms with Gasteiger partial charge in [0.05, 0.1) is 174 Å². The molecule has 0 bridgehead atoms. The molecule has 6 aliphatic heterocycles. The van der Waals surface area contributed by atoms with Crippen LogP contribution in [0.3, 0.4) is 0 Å². The second kappa shape index (κ2) is 26.5. The van der Waals surface area contributed by atoms with Gasteiger partial charge in [0, 0.05) is 95.7 Å². The molecule has 3 amide bonds. The molecule has 96 heavy (non-hydrogen) atoms. The van der Waals surface area contributed by atoms with Gasteiger partial charge in [-0.3, -0.25) is 14.4 Å². The van der Waals surface area contributed by atoms with Crippen LogP contribution < -0.4 is 30.7 Å². The normalized spacial score (nSPS) is 22.6. The van der Waals surface area contributed by atoms with E-state index in [4.69, 9.17) is 19.1 Å². The Hall–Kier alpha value is -11.4. The zero-order chi connectivity index (χ0) is 73.4. The first-order chi connectivity index (χ1) is 49.2. The highest BCUT2D eigenvalue weighted by Gasteiger charge is 2.35. The molecular formula is C67H59F3N18O8. The number of fused-ring (bicyclic) bond motifs is 3. The number of aromatic nitrogens is 9. The number of pyridine rings is 3. The number of carbonyl (C=O) groups excluding carboxylic acids is 3. The van der Waals surface area contributed by atoms with Crippen LogP contribution >= 0.6 is 0 Å². The van der Waals surface area contributed by atoms with E-state index in [0.717, 1.165) is 16.8 Å². The van der Waals surface area contributed by atoms with Crippen molar-refractivity contribution >= 4 is 35.2 Å². The van der Waals surface area contributed by atoms with Gasteiger partial charge in [0.2, 0.25) is 0 Å². The van der Waals surface area contributed by atoms with Crippen molar-refractivity contribution in [1.29, 1.82) is 15.8 Å². The third-order valence-corrected chi connectivity index (χ3v) is 16.8. The Morgan fingerprint density at radius 3 is 1.18 bits per heavy atom. The molecule has 6 N–H and O–H groups in total. The Kier molecular flexibility index (Phi) is 15.2. The minimum atomic E-state index is -3.50. The highest BCUT2D eigenvalue weighted by atomic mass is 19.1. The highest BCUT2D eigenvalue weighted by Crippen LogP contribution is 2.36. The van der Waals surface area contributed by atoms with Crippen molar-refractivity contribution in [3.05, 3.63) is 178 Å². The van der Waals surface area contributed by atoms with Crippen LogP contribution in [0, 0.1) is 51.4 Å². The van der Waals surface area contributed by atoms with Gasteiger partial charge in [0.15, 0.2) is 17.5 Å². The smallest absolute Gasteiger partial charge is 0.255 e. The van der Waals surface area contributed by atoms with E-state index in [1.807, 2.05) is 28.0 Å². The second-order valence-corrected chi connectivity index (χ2v) is 22.5. The fourth-order valence-electron chi connectivity index (χ4n) is 12.2. The molecule has 486 valence electrons. The quantitative estimate of drug-likeness (QED) is 0.0955. The minimum Gasteiger partial charge on any atom is -0.391 e. The molecule has 15 rings (SSSR count). The molecule has 0 spiro atoms. The van der Waals surface area contributed by atoms with E-state index >= 15 is 0 Å². The summed E-state index contributed by atoms with van der Waals surface area (Å²) < 4.78 is 115. The van der Waals surface area contributed by atoms with Gasteiger partial charge in [-0.25, -0.2) is 42.2 Å². The number of aliphatic hydroxyl groups is 3. The third kappa shape index (κ3) is 12.1. The summed E-state index contributed by atoms with van der Waals surface area (Å²) in [5.74, 6) is -2.18. The Bertz CT molecular complexity index is 4850. The molecule has 0 unspecified atom stereocenters. The molecule has 29 heteroatoms. The number of carbonyl (C=O) groups is 3. The van der Waals surface area contributed by atoms with Gasteiger partial charge in [-0.2, -0.15) is 31.1 Å². The van der Waals surface area contributed by atoms with Crippen molar-refractivity contribution in [2.75, 3.05) is 68.1 Å². The first-order valence-corrected chi connectivity index (χ1v) is 29.8. The number of piperidine rings is 2. The molecule has 5 atom stereocenters. The van der Waals surface area contributed by atoms with Crippen molar-refractivity contribution in [1.82, 2.24) is 60.2 Å². The number of amides is 3. The van der Waals surface area contributed by atoms with Gasteiger partial charge in [-0.15, -0.1) is 0 Å². The van der Waals surface area contributed by atoms with Crippen LogP contribution in [-0.2, 0) is 29.1 Å². The Balaban J connectivity index is 0.000000138. The van der Waals surface area contributed by atoms with Crippen LogP contribution in [0.15, 0.2) is 110 Å². The molecular weight excluding hydrogens is 1240 g/mol. The van der Waals surface area contributed by atoms with Gasteiger partial charge in [0.1, 0.15) is 17.5 Å². The van der Waals surface area contributed by atoms with E-state index in [-0.39, 0.29) is 116 Å². The molecule has 0 saturated carbocycles. The molecule has 6 aliphatic rings. The lowest BCUT2D eigenvalue weighted by atomic mass is 10.0. The zero-order valence-corrected chi connectivity index (χ0v) is 50.8. The lowest BCUT2D eigenvalue weighted by Gasteiger charge is -2.35. The largest absolute Gasteiger partial charge is 0.391 e. The Morgan fingerprint density at radius 1 is 0.531 bits per heavy atom. The molecule has 6 aromatic heterocycles. The average molecular weight is 1310 g/mol. The fourth-order valence-corrected chi connectivity index (χ4v) is 12.2. The number of nitriles is 3. The van der Waals surface area contributed by atoms with Gasteiger partial charge < -0.3 is 55.4 Å². The number of methoxy groups -OCH3 is 2. The molecule has 12 heterocycles. The number of halogens is 3. The van der Waals surface area contributed by atoms with Crippen molar-refractivity contribution in [3.63, 3.8) is 0 Å². The van der Waals surface area contributed by atoms with E-state index in [1.54, 1.807) is 60.2 Å². The topological polar surface area (TPSA) is 340 Å². The molecule has 3 saturated heterocycles. The summed E-state index contributed by atoms with van der Waals surface area (Å²) in [5.41, 5.74) is 3.76. The summed E-state index contributed by atoms with van der Waals surface area (Å²) in [4.78, 5) is 55.1. The number of nitrogens with zero attached hydrogens (tertiary/aromatic N) is 15. The lowest BCUT2D eigenvalue weighted by Crippen LogP contribution is -2.47. The van der Waals surface area contributed by atoms with Crippen LogP contribution in [0.2, 0.25) is 0 Å². The fraction of sp³-hybridized carbons (Fsp3) is 0.284. The summed E-state index contributed by atoms with van der Waals surface area (Å²) in [6, 6.07) is 27.5. The van der Waals surface area contributed by atoms with Gasteiger partial charge in [-0.05, 0) is 73.8 Å². The Labute approximate surface area is 555 Å². The van der Waals surface area contributed by atoms with Gasteiger partial charge in [-0.1, -0.05) is 18.2 Å². The highest BCUT2D eigenvalue weighted by molar-refractivity contribution is 6.03. The van der Waals surface area contributed by atoms with Crippen LogP contribution in [-0.4, -0.2) is 161 Å². The zero-order valence-electron chi connectivity index (χ0n) is 57.8. The summed E-state index contributed by atoms with van der Waals surface area (Å²) >= 11 is 0. The van der Waals surface area contributed by atoms with E-state index in [9.17, 15) is 58.7 Å². The maximum atomic E-state index is 14.7. The van der Waals surface area contributed by atoms with Crippen LogP contribution in [0.1, 0.15) is 93.7 Å². The van der Waals surface area contributed by atoms with Gasteiger partial charge >= 0.3 is 0 Å². The first kappa shape index (κ1) is 55.1. The average Bonchev–Trinajstić information content (AvgIpc) is 1.52. The van der Waals surface area contributed by atoms with E-state index < -0.39 is 66.8 Å². The van der Waals surface area contributed by atoms with E-state index in [2.05, 4.69) is 46.2 Å². The van der Waals surface area contributed by atoms with E-state index in [0.29, 0.717) is 84.5 Å². The molecule has 3 aromatic carbocycles. The van der Waals surface area contributed by atoms with Crippen molar-refractivity contribution < 1.29 is 61.9 Å². The Morgan fingerprint density at radius 2 is 0.875 bits per heavy atom. The summed E-state index contributed by atoms with van der Waals surface area (Å²) in [6.07, 6.45) is -2.60. The summed E-state index contributed by atoms with van der Waals surface area (Å²) in [6.45, 7) is -3.98. The molecule has 26 nitrogen and oxygen atoms in total. The maximum absolute atomic E-state index is 14.7. The first-order valence-electron chi connectivity index (χ1n) is 33.3. The molecule has 0 radical (unpaired) electrons. The van der Waals surface area contributed by atoms with Crippen molar-refractivity contribution in [2.45, 2.75) is 69.3 Å². The summed E-state index contributed by atoms with van der Waals surface area (Å²) in [7, 11) is 3.16. The van der Waals surface area contributed by atoms with Crippen molar-refractivity contribution in [3.8, 4) is 69.0 Å².